The van der Waals surface area contributed by atoms with Gasteiger partial charge in [-0.3, -0.25) is 4.79 Å². The molecule has 0 aliphatic carbocycles. The summed E-state index contributed by atoms with van der Waals surface area (Å²) in [6, 6.07) is 10.4. The lowest BCUT2D eigenvalue weighted by Gasteiger charge is -2.13. The molecule has 110 valence electrons. The standard InChI is InChI=1S/C15H14INO4/c1-10(14(18)17-9-13-3-2-8-20-13)21-15(19)11-4-6-12(16)7-5-11/h2-8,10H,9H2,1H3,(H,17,18)/t10-/m0/s1. The predicted molar refractivity (Wildman–Crippen MR) is 84.6 cm³/mol. The minimum atomic E-state index is -0.869. The summed E-state index contributed by atoms with van der Waals surface area (Å²) in [5, 5.41) is 2.64. The maximum atomic E-state index is 11.9. The Balaban J connectivity index is 1.85. The van der Waals surface area contributed by atoms with Gasteiger partial charge in [0.2, 0.25) is 0 Å². The lowest BCUT2D eigenvalue weighted by atomic mass is 10.2. The molecule has 2 aromatic rings. The van der Waals surface area contributed by atoms with Gasteiger partial charge in [-0.15, -0.1) is 0 Å². The molecule has 6 heteroatoms. The fourth-order valence-corrected chi connectivity index (χ4v) is 1.96. The Morgan fingerprint density at radius 2 is 2.00 bits per heavy atom. The van der Waals surface area contributed by atoms with Crippen LogP contribution < -0.4 is 5.32 Å². The van der Waals surface area contributed by atoms with Gasteiger partial charge in [0.15, 0.2) is 6.10 Å². The van der Waals surface area contributed by atoms with Gasteiger partial charge in [-0.1, -0.05) is 0 Å². The normalized spacial score (nSPS) is 11.7. The van der Waals surface area contributed by atoms with Crippen LogP contribution in [0.2, 0.25) is 0 Å². The molecule has 5 nitrogen and oxygen atoms in total. The van der Waals surface area contributed by atoms with E-state index in [4.69, 9.17) is 9.15 Å². The monoisotopic (exact) mass is 399 g/mol. The quantitative estimate of drug-likeness (QED) is 0.620. The second-order valence-corrected chi connectivity index (χ2v) is 5.60. The van der Waals surface area contributed by atoms with Gasteiger partial charge in [-0.05, 0) is 65.9 Å². The highest BCUT2D eigenvalue weighted by Gasteiger charge is 2.18. The number of hydrogen-bond donors (Lipinski definition) is 1. The number of ether oxygens (including phenoxy) is 1. The molecular formula is C15H14INO4. The minimum Gasteiger partial charge on any atom is -0.467 e. The third kappa shape index (κ3) is 4.59. The van der Waals surface area contributed by atoms with Crippen molar-refractivity contribution in [3.05, 3.63) is 57.6 Å². The van der Waals surface area contributed by atoms with E-state index >= 15 is 0 Å². The first-order valence-corrected chi connectivity index (χ1v) is 7.41. The molecule has 1 amide bonds. The van der Waals surface area contributed by atoms with E-state index in [1.54, 1.807) is 36.4 Å². The Morgan fingerprint density at radius 3 is 2.62 bits per heavy atom. The van der Waals surface area contributed by atoms with E-state index in [9.17, 15) is 9.59 Å². The van der Waals surface area contributed by atoms with Crippen LogP contribution in [0.3, 0.4) is 0 Å². The summed E-state index contributed by atoms with van der Waals surface area (Å²) in [6.07, 6.45) is 0.661. The van der Waals surface area contributed by atoms with Gasteiger partial charge in [0.1, 0.15) is 5.76 Å². The molecule has 0 saturated carbocycles. The Bertz CT molecular complexity index is 607. The SMILES string of the molecule is C[C@H](OC(=O)c1ccc(I)cc1)C(=O)NCc1ccco1. The number of carbonyl (C=O) groups is 2. The maximum Gasteiger partial charge on any atom is 0.338 e. The van der Waals surface area contributed by atoms with Gasteiger partial charge in [-0.2, -0.15) is 0 Å². The van der Waals surface area contributed by atoms with Crippen molar-refractivity contribution in [2.24, 2.45) is 0 Å². The van der Waals surface area contributed by atoms with E-state index < -0.39 is 12.1 Å². The number of rotatable bonds is 5. The molecule has 1 N–H and O–H groups in total. The largest absolute Gasteiger partial charge is 0.467 e. The fraction of sp³-hybridized carbons (Fsp3) is 0.200. The zero-order chi connectivity index (χ0) is 15.2. The van der Waals surface area contributed by atoms with Crippen LogP contribution in [0.25, 0.3) is 0 Å². The van der Waals surface area contributed by atoms with Crippen molar-refractivity contribution in [2.75, 3.05) is 0 Å². The fourth-order valence-electron chi connectivity index (χ4n) is 1.60. The van der Waals surface area contributed by atoms with Gasteiger partial charge in [0.05, 0.1) is 18.4 Å². The van der Waals surface area contributed by atoms with E-state index in [2.05, 4.69) is 27.9 Å². The third-order valence-electron chi connectivity index (χ3n) is 2.75. The summed E-state index contributed by atoms with van der Waals surface area (Å²) in [5.74, 6) is -0.253. The highest BCUT2D eigenvalue weighted by atomic mass is 127. The molecule has 21 heavy (non-hydrogen) atoms. The topological polar surface area (TPSA) is 68.5 Å². The zero-order valence-corrected chi connectivity index (χ0v) is 13.5. The van der Waals surface area contributed by atoms with Crippen molar-refractivity contribution < 1.29 is 18.7 Å². The van der Waals surface area contributed by atoms with Crippen LogP contribution in [0.1, 0.15) is 23.0 Å². The summed E-state index contributed by atoms with van der Waals surface area (Å²) in [5.41, 5.74) is 0.418. The van der Waals surface area contributed by atoms with Crippen LogP contribution >= 0.6 is 22.6 Å². The lowest BCUT2D eigenvalue weighted by Crippen LogP contribution is -2.35. The van der Waals surface area contributed by atoms with Gasteiger partial charge in [0.25, 0.3) is 5.91 Å². The second kappa shape index (κ2) is 7.26. The number of carbonyl (C=O) groups excluding carboxylic acids is 2. The summed E-state index contributed by atoms with van der Waals surface area (Å²) in [4.78, 5) is 23.7. The molecule has 1 aromatic carbocycles. The van der Waals surface area contributed by atoms with Crippen LogP contribution in [-0.2, 0) is 16.1 Å². The average molecular weight is 399 g/mol. The molecule has 1 atom stereocenters. The Labute approximate surface area is 135 Å². The highest BCUT2D eigenvalue weighted by Crippen LogP contribution is 2.09. The number of halogens is 1. The number of furan rings is 1. The zero-order valence-electron chi connectivity index (χ0n) is 11.3. The van der Waals surface area contributed by atoms with Gasteiger partial charge >= 0.3 is 5.97 Å². The van der Waals surface area contributed by atoms with Crippen molar-refractivity contribution in [2.45, 2.75) is 19.6 Å². The van der Waals surface area contributed by atoms with E-state index in [-0.39, 0.29) is 12.5 Å². The molecule has 0 fully saturated rings. The van der Waals surface area contributed by atoms with Crippen molar-refractivity contribution in [1.82, 2.24) is 5.32 Å². The maximum absolute atomic E-state index is 11.9. The first kappa shape index (κ1) is 15.6. The molecule has 0 radical (unpaired) electrons. The Morgan fingerprint density at radius 1 is 1.29 bits per heavy atom. The van der Waals surface area contributed by atoms with Crippen molar-refractivity contribution >= 4 is 34.5 Å². The third-order valence-corrected chi connectivity index (χ3v) is 3.47. The first-order chi connectivity index (χ1) is 10.1. The van der Waals surface area contributed by atoms with Gasteiger partial charge in [0, 0.05) is 3.57 Å². The minimum absolute atomic E-state index is 0.261. The number of esters is 1. The summed E-state index contributed by atoms with van der Waals surface area (Å²) in [7, 11) is 0. The van der Waals surface area contributed by atoms with Crippen molar-refractivity contribution in [3.63, 3.8) is 0 Å². The highest BCUT2D eigenvalue weighted by molar-refractivity contribution is 14.1. The van der Waals surface area contributed by atoms with Crippen LogP contribution in [0, 0.1) is 3.57 Å². The molecule has 0 bridgehead atoms. The number of nitrogens with one attached hydrogen (secondary N) is 1. The molecule has 1 aromatic heterocycles. The van der Waals surface area contributed by atoms with E-state index in [1.807, 2.05) is 0 Å². The lowest BCUT2D eigenvalue weighted by molar-refractivity contribution is -0.129. The molecule has 0 unspecified atom stereocenters. The van der Waals surface area contributed by atoms with Gasteiger partial charge in [-0.25, -0.2) is 4.79 Å². The number of benzene rings is 1. The van der Waals surface area contributed by atoms with Crippen molar-refractivity contribution in [1.29, 1.82) is 0 Å². The average Bonchev–Trinajstić information content (AvgIpc) is 2.98. The van der Waals surface area contributed by atoms with Crippen LogP contribution in [-0.4, -0.2) is 18.0 Å². The molecule has 1 heterocycles. The second-order valence-electron chi connectivity index (χ2n) is 4.35. The molecule has 0 aliphatic heterocycles. The summed E-state index contributed by atoms with van der Waals surface area (Å²) in [6.45, 7) is 1.79. The van der Waals surface area contributed by atoms with Crippen LogP contribution in [0.5, 0.6) is 0 Å². The van der Waals surface area contributed by atoms with Crippen LogP contribution in [0.4, 0.5) is 0 Å². The molecule has 0 aliphatic rings. The molecule has 0 spiro atoms. The first-order valence-electron chi connectivity index (χ1n) is 6.33. The molecule has 2 rings (SSSR count). The van der Waals surface area contributed by atoms with E-state index in [0.29, 0.717) is 11.3 Å². The molecule has 0 saturated heterocycles. The van der Waals surface area contributed by atoms with Gasteiger partial charge < -0.3 is 14.5 Å². The number of hydrogen-bond acceptors (Lipinski definition) is 4. The summed E-state index contributed by atoms with van der Waals surface area (Å²) < 4.78 is 11.2. The van der Waals surface area contributed by atoms with E-state index in [1.165, 1.54) is 13.2 Å². The smallest absolute Gasteiger partial charge is 0.338 e. The summed E-state index contributed by atoms with van der Waals surface area (Å²) >= 11 is 2.15. The Hall–Kier alpha value is -1.83. The van der Waals surface area contributed by atoms with Crippen molar-refractivity contribution in [3.8, 4) is 0 Å². The number of amides is 1. The van der Waals surface area contributed by atoms with Crippen LogP contribution in [0.15, 0.2) is 47.1 Å². The van der Waals surface area contributed by atoms with E-state index in [0.717, 1.165) is 3.57 Å². The molecular weight excluding hydrogens is 385 g/mol. The Kier molecular flexibility index (Phi) is 5.38. The predicted octanol–water partition coefficient (Wildman–Crippen LogP) is 2.75.